The number of rotatable bonds is 4. The number of ketones is 1. The first-order chi connectivity index (χ1) is 6.69. The van der Waals surface area contributed by atoms with E-state index in [-0.39, 0.29) is 5.78 Å². The molecular formula is C11H14ClNO. The van der Waals surface area contributed by atoms with E-state index in [1.54, 1.807) is 6.07 Å². The Hall–Kier alpha value is -1.02. The van der Waals surface area contributed by atoms with Gasteiger partial charge in [0.25, 0.3) is 0 Å². The van der Waals surface area contributed by atoms with Crippen molar-refractivity contribution in [3.05, 3.63) is 29.3 Å². The number of carbonyl (C=O) groups excluding carboxylic acids is 1. The highest BCUT2D eigenvalue weighted by Crippen LogP contribution is 2.16. The molecule has 0 aliphatic rings. The number of nitrogen functional groups attached to an aromatic ring is 1. The van der Waals surface area contributed by atoms with Crippen LogP contribution in [0.15, 0.2) is 18.2 Å². The Kier molecular flexibility index (Phi) is 3.96. The van der Waals surface area contributed by atoms with Crippen LogP contribution in [-0.4, -0.2) is 11.7 Å². The number of Topliss-reactive ketones (excluding diaryl/α,β-unsaturated/α-hetero) is 1. The molecule has 76 valence electrons. The molecule has 0 aliphatic heterocycles. The van der Waals surface area contributed by atoms with E-state index in [1.165, 1.54) is 0 Å². The molecular weight excluding hydrogens is 198 g/mol. The van der Waals surface area contributed by atoms with Gasteiger partial charge in [-0.05, 0) is 18.1 Å². The molecule has 0 amide bonds. The molecule has 0 atom stereocenters. The maximum atomic E-state index is 11.5. The molecule has 2 N–H and O–H groups in total. The van der Waals surface area contributed by atoms with Crippen molar-refractivity contribution in [2.24, 2.45) is 0 Å². The van der Waals surface area contributed by atoms with Crippen LogP contribution >= 0.6 is 11.6 Å². The summed E-state index contributed by atoms with van der Waals surface area (Å²) < 4.78 is 0. The van der Waals surface area contributed by atoms with Crippen LogP contribution in [0.1, 0.15) is 29.3 Å². The topological polar surface area (TPSA) is 43.1 Å². The largest absolute Gasteiger partial charge is 0.398 e. The minimum atomic E-state index is 0.0503. The van der Waals surface area contributed by atoms with Crippen molar-refractivity contribution in [1.82, 2.24) is 0 Å². The Morgan fingerprint density at radius 3 is 2.71 bits per heavy atom. The third-order valence-corrected chi connectivity index (χ3v) is 2.36. The molecule has 3 heteroatoms. The van der Waals surface area contributed by atoms with Crippen molar-refractivity contribution in [3.8, 4) is 0 Å². The molecule has 0 saturated carbocycles. The van der Waals surface area contributed by atoms with Crippen molar-refractivity contribution in [3.63, 3.8) is 0 Å². The van der Waals surface area contributed by atoms with Crippen molar-refractivity contribution < 1.29 is 4.79 Å². The predicted octanol–water partition coefficient (Wildman–Crippen LogP) is 2.64. The van der Waals surface area contributed by atoms with Gasteiger partial charge in [0.05, 0.1) is 0 Å². The van der Waals surface area contributed by atoms with Crippen molar-refractivity contribution >= 4 is 23.1 Å². The highest BCUT2D eigenvalue weighted by molar-refractivity contribution is 6.19. The summed E-state index contributed by atoms with van der Waals surface area (Å²) in [7, 11) is 0. The third kappa shape index (κ3) is 2.48. The summed E-state index contributed by atoms with van der Waals surface area (Å²) in [4.78, 5) is 11.5. The predicted molar refractivity (Wildman–Crippen MR) is 59.9 cm³/mol. The number of nitrogens with two attached hydrogens (primary N) is 1. The second kappa shape index (κ2) is 5.01. The lowest BCUT2D eigenvalue weighted by Gasteiger charge is -2.05. The van der Waals surface area contributed by atoms with Crippen LogP contribution in [0.4, 0.5) is 5.69 Å². The van der Waals surface area contributed by atoms with E-state index in [9.17, 15) is 4.79 Å². The molecule has 0 aromatic heterocycles. The summed E-state index contributed by atoms with van der Waals surface area (Å²) >= 11 is 5.49. The average Bonchev–Trinajstić information content (AvgIpc) is 2.18. The van der Waals surface area contributed by atoms with Gasteiger partial charge in [0.15, 0.2) is 5.78 Å². The molecule has 14 heavy (non-hydrogen) atoms. The maximum Gasteiger partial charge on any atom is 0.164 e. The first-order valence-electron chi connectivity index (χ1n) is 4.66. The smallest absolute Gasteiger partial charge is 0.164 e. The summed E-state index contributed by atoms with van der Waals surface area (Å²) in [6.07, 6.45) is 1.25. The summed E-state index contributed by atoms with van der Waals surface area (Å²) in [6, 6.07) is 5.44. The van der Waals surface area contributed by atoms with Crippen LogP contribution in [0.25, 0.3) is 0 Å². The lowest BCUT2D eigenvalue weighted by atomic mass is 10.0. The molecule has 2 nitrogen and oxygen atoms in total. The Balaban J connectivity index is 2.91. The Morgan fingerprint density at radius 1 is 1.50 bits per heavy atom. The number of aryl methyl sites for hydroxylation is 1. The van der Waals surface area contributed by atoms with Gasteiger partial charge in [0, 0.05) is 23.6 Å². The number of anilines is 1. The standard InChI is InChI=1S/C11H14ClNO/c1-2-8-3-4-9(7-10(8)13)11(14)5-6-12/h3-4,7H,2,5-6,13H2,1H3. The van der Waals surface area contributed by atoms with Crippen molar-refractivity contribution in [1.29, 1.82) is 0 Å². The summed E-state index contributed by atoms with van der Waals surface area (Å²) in [6.45, 7) is 2.03. The van der Waals surface area contributed by atoms with Gasteiger partial charge < -0.3 is 5.73 Å². The zero-order valence-corrected chi connectivity index (χ0v) is 8.97. The molecule has 0 aliphatic carbocycles. The van der Waals surface area contributed by atoms with E-state index in [2.05, 4.69) is 0 Å². The van der Waals surface area contributed by atoms with Crippen LogP contribution in [0.3, 0.4) is 0 Å². The Morgan fingerprint density at radius 2 is 2.21 bits per heavy atom. The fourth-order valence-electron chi connectivity index (χ4n) is 1.32. The zero-order valence-electron chi connectivity index (χ0n) is 8.22. The van der Waals surface area contributed by atoms with Crippen molar-refractivity contribution in [2.45, 2.75) is 19.8 Å². The normalized spacial score (nSPS) is 10.1. The summed E-state index contributed by atoms with van der Waals surface area (Å²) in [5.74, 6) is 0.406. The van der Waals surface area contributed by atoms with Gasteiger partial charge >= 0.3 is 0 Å². The highest BCUT2D eigenvalue weighted by atomic mass is 35.5. The van der Waals surface area contributed by atoms with Crippen LogP contribution < -0.4 is 5.73 Å². The number of hydrogen-bond donors (Lipinski definition) is 1. The molecule has 0 unspecified atom stereocenters. The minimum Gasteiger partial charge on any atom is -0.398 e. The van der Waals surface area contributed by atoms with Gasteiger partial charge in [-0.15, -0.1) is 11.6 Å². The molecule has 0 heterocycles. The fourth-order valence-corrected chi connectivity index (χ4v) is 1.49. The molecule has 0 fully saturated rings. The molecule has 1 aromatic rings. The molecule has 0 bridgehead atoms. The van der Waals surface area contributed by atoms with Crippen LogP contribution in [0, 0.1) is 0 Å². The average molecular weight is 212 g/mol. The highest BCUT2D eigenvalue weighted by Gasteiger charge is 2.06. The van der Waals surface area contributed by atoms with E-state index in [1.807, 2.05) is 19.1 Å². The summed E-state index contributed by atoms with van der Waals surface area (Å²) in [5.41, 5.74) is 8.20. The van der Waals surface area contributed by atoms with Gasteiger partial charge in [-0.25, -0.2) is 0 Å². The molecule has 1 aromatic carbocycles. The number of alkyl halides is 1. The van der Waals surface area contributed by atoms with Crippen LogP contribution in [0.5, 0.6) is 0 Å². The van der Waals surface area contributed by atoms with E-state index in [4.69, 9.17) is 17.3 Å². The van der Waals surface area contributed by atoms with Crippen LogP contribution in [0.2, 0.25) is 0 Å². The fraction of sp³-hybridized carbons (Fsp3) is 0.364. The quantitative estimate of drug-likeness (QED) is 0.473. The second-order valence-electron chi connectivity index (χ2n) is 3.13. The first-order valence-corrected chi connectivity index (χ1v) is 5.20. The Labute approximate surface area is 89.1 Å². The van der Waals surface area contributed by atoms with Gasteiger partial charge in [0.1, 0.15) is 0 Å². The molecule has 0 saturated heterocycles. The van der Waals surface area contributed by atoms with E-state index in [0.29, 0.717) is 23.6 Å². The number of halogens is 1. The first kappa shape index (κ1) is 11.1. The third-order valence-electron chi connectivity index (χ3n) is 2.17. The van der Waals surface area contributed by atoms with E-state index < -0.39 is 0 Å². The van der Waals surface area contributed by atoms with Gasteiger partial charge in [0.2, 0.25) is 0 Å². The monoisotopic (exact) mass is 211 g/mol. The van der Waals surface area contributed by atoms with Crippen molar-refractivity contribution in [2.75, 3.05) is 11.6 Å². The SMILES string of the molecule is CCc1ccc(C(=O)CCCl)cc1N. The number of hydrogen-bond acceptors (Lipinski definition) is 2. The molecule has 0 radical (unpaired) electrons. The van der Waals surface area contributed by atoms with Gasteiger partial charge in [-0.1, -0.05) is 19.1 Å². The lowest BCUT2D eigenvalue weighted by molar-refractivity contribution is 0.0989. The number of carbonyl (C=O) groups is 1. The zero-order chi connectivity index (χ0) is 10.6. The Bertz CT molecular complexity index is 336. The number of benzene rings is 1. The van der Waals surface area contributed by atoms with E-state index >= 15 is 0 Å². The molecule has 0 spiro atoms. The minimum absolute atomic E-state index is 0.0503. The van der Waals surface area contributed by atoms with Gasteiger partial charge in [-0.2, -0.15) is 0 Å². The van der Waals surface area contributed by atoms with Crippen LogP contribution in [-0.2, 0) is 6.42 Å². The van der Waals surface area contributed by atoms with Gasteiger partial charge in [-0.3, -0.25) is 4.79 Å². The maximum absolute atomic E-state index is 11.5. The molecule has 1 rings (SSSR count). The van der Waals surface area contributed by atoms with E-state index in [0.717, 1.165) is 12.0 Å². The lowest BCUT2D eigenvalue weighted by Crippen LogP contribution is -2.02. The summed E-state index contributed by atoms with van der Waals surface area (Å²) in [5, 5.41) is 0. The second-order valence-corrected chi connectivity index (χ2v) is 3.51.